The molecule has 1 heterocycles. The van der Waals surface area contributed by atoms with E-state index in [0.717, 1.165) is 16.7 Å². The number of nitrogens with one attached hydrogen (secondary N) is 1. The van der Waals surface area contributed by atoms with Gasteiger partial charge in [-0.15, -0.1) is 0 Å². The van der Waals surface area contributed by atoms with Crippen LogP contribution in [0.1, 0.15) is 33.5 Å². The fourth-order valence-corrected chi connectivity index (χ4v) is 3.98. The molecule has 188 valence electrons. The maximum absolute atomic E-state index is 13.3. The van der Waals surface area contributed by atoms with Gasteiger partial charge in [-0.25, -0.2) is 4.99 Å². The summed E-state index contributed by atoms with van der Waals surface area (Å²) >= 11 is 0. The van der Waals surface area contributed by atoms with Crippen LogP contribution in [0.15, 0.2) is 82.9 Å². The van der Waals surface area contributed by atoms with E-state index in [1.165, 1.54) is 13.3 Å². The maximum Gasteiger partial charge on any atom is 0.311 e. The maximum atomic E-state index is 13.3. The Balaban J connectivity index is 1.57. The summed E-state index contributed by atoms with van der Waals surface area (Å²) in [6, 6.07) is 22.0. The van der Waals surface area contributed by atoms with Gasteiger partial charge in [-0.05, 0) is 53.4 Å². The average molecular weight is 498 g/mol. The zero-order chi connectivity index (χ0) is 26.2. The molecule has 0 aliphatic carbocycles. The highest BCUT2D eigenvalue weighted by Crippen LogP contribution is 2.29. The van der Waals surface area contributed by atoms with Crippen LogP contribution >= 0.6 is 0 Å². The number of esters is 1. The number of carbonyl (C=O) groups is 3. The Morgan fingerprint density at radius 3 is 2.57 bits per heavy atom. The number of carbonyl (C=O) groups excluding carboxylic acids is 3. The predicted octanol–water partition coefficient (Wildman–Crippen LogP) is 3.45. The molecule has 0 saturated heterocycles. The van der Waals surface area contributed by atoms with E-state index in [0.29, 0.717) is 29.9 Å². The van der Waals surface area contributed by atoms with Gasteiger partial charge in [0.25, 0.3) is 11.8 Å². The van der Waals surface area contributed by atoms with Crippen molar-refractivity contribution in [3.63, 3.8) is 0 Å². The Morgan fingerprint density at radius 2 is 1.86 bits per heavy atom. The first kappa shape index (κ1) is 25.3. The van der Waals surface area contributed by atoms with Crippen molar-refractivity contribution in [3.8, 4) is 0 Å². The lowest BCUT2D eigenvalue weighted by Crippen LogP contribution is -2.37. The fourth-order valence-electron chi connectivity index (χ4n) is 3.98. The van der Waals surface area contributed by atoms with E-state index in [1.807, 2.05) is 30.3 Å². The number of ether oxygens (including phenoxy) is 1. The van der Waals surface area contributed by atoms with Gasteiger partial charge in [0.1, 0.15) is 5.71 Å². The van der Waals surface area contributed by atoms with Crippen LogP contribution in [0.5, 0.6) is 0 Å². The molecular weight excluding hydrogens is 470 g/mol. The van der Waals surface area contributed by atoms with E-state index in [9.17, 15) is 14.4 Å². The van der Waals surface area contributed by atoms with Crippen LogP contribution in [0.25, 0.3) is 0 Å². The molecule has 0 spiro atoms. The fraction of sp³-hybridized carbons (Fsp3) is 0.179. The van der Waals surface area contributed by atoms with Crippen molar-refractivity contribution in [1.29, 1.82) is 0 Å². The van der Waals surface area contributed by atoms with E-state index in [-0.39, 0.29) is 30.5 Å². The predicted molar refractivity (Wildman–Crippen MR) is 142 cm³/mol. The highest BCUT2D eigenvalue weighted by atomic mass is 16.5. The van der Waals surface area contributed by atoms with Crippen LogP contribution in [-0.2, 0) is 27.3 Å². The van der Waals surface area contributed by atoms with Gasteiger partial charge in [-0.1, -0.05) is 42.5 Å². The number of methoxy groups -OCH3 is 1. The van der Waals surface area contributed by atoms with Gasteiger partial charge in [0.05, 0.1) is 25.4 Å². The number of rotatable bonds is 8. The van der Waals surface area contributed by atoms with Crippen LogP contribution in [0.3, 0.4) is 0 Å². The number of aliphatic imine (C=N–C) groups is 1. The lowest BCUT2D eigenvalue weighted by atomic mass is 10.1. The summed E-state index contributed by atoms with van der Waals surface area (Å²) in [6.07, 6.45) is 1.92. The number of amides is 2. The quantitative estimate of drug-likeness (QED) is 0.213. The molecule has 0 radical (unpaired) electrons. The minimum atomic E-state index is -0.536. The van der Waals surface area contributed by atoms with Gasteiger partial charge >= 0.3 is 5.97 Å². The third kappa shape index (κ3) is 6.46. The molecule has 4 rings (SSSR count). The van der Waals surface area contributed by atoms with Crippen molar-refractivity contribution in [2.75, 3.05) is 19.0 Å². The smallest absolute Gasteiger partial charge is 0.311 e. The van der Waals surface area contributed by atoms with E-state index >= 15 is 0 Å². The molecule has 0 saturated carbocycles. The topological polar surface area (TPSA) is 126 Å². The largest absolute Gasteiger partial charge is 0.469 e. The second kappa shape index (κ2) is 11.8. The highest BCUT2D eigenvalue weighted by Gasteiger charge is 2.27. The van der Waals surface area contributed by atoms with E-state index in [2.05, 4.69) is 15.4 Å². The van der Waals surface area contributed by atoms with Crippen LogP contribution in [0, 0.1) is 0 Å². The summed E-state index contributed by atoms with van der Waals surface area (Å²) < 4.78 is 4.77. The molecular formula is C28H27N5O4. The molecule has 0 fully saturated rings. The lowest BCUT2D eigenvalue weighted by Gasteiger charge is -2.22. The molecule has 1 aliphatic rings. The SMILES string of the molecule is COC(=O)CC1=Nc2ccc(NC(=O)c3ccc(C=NN)cc3)cc2CN(CCc2ccccc2)C1=O. The van der Waals surface area contributed by atoms with Crippen molar-refractivity contribution in [1.82, 2.24) is 4.90 Å². The highest BCUT2D eigenvalue weighted by molar-refractivity contribution is 6.42. The lowest BCUT2D eigenvalue weighted by molar-refractivity contribution is -0.139. The minimum Gasteiger partial charge on any atom is -0.469 e. The Bertz CT molecular complexity index is 1350. The number of benzene rings is 3. The van der Waals surface area contributed by atoms with Crippen LogP contribution < -0.4 is 11.2 Å². The molecule has 1 aliphatic heterocycles. The summed E-state index contributed by atoms with van der Waals surface area (Å²) in [7, 11) is 1.28. The van der Waals surface area contributed by atoms with E-state index in [4.69, 9.17) is 10.6 Å². The molecule has 0 aromatic heterocycles. The van der Waals surface area contributed by atoms with Crippen molar-refractivity contribution < 1.29 is 19.1 Å². The summed E-state index contributed by atoms with van der Waals surface area (Å²) in [4.78, 5) is 44.2. The van der Waals surface area contributed by atoms with Crippen molar-refractivity contribution >= 4 is 41.1 Å². The molecule has 0 bridgehead atoms. The van der Waals surface area contributed by atoms with Gasteiger partial charge < -0.3 is 20.8 Å². The summed E-state index contributed by atoms with van der Waals surface area (Å²) in [5.74, 6) is 4.03. The van der Waals surface area contributed by atoms with E-state index < -0.39 is 5.97 Å². The Morgan fingerprint density at radius 1 is 1.11 bits per heavy atom. The third-order valence-electron chi connectivity index (χ3n) is 5.94. The number of nitrogens with two attached hydrogens (primary N) is 1. The average Bonchev–Trinajstić information content (AvgIpc) is 3.04. The number of hydrogen-bond acceptors (Lipinski definition) is 7. The molecule has 0 unspecified atom stereocenters. The van der Waals surface area contributed by atoms with Crippen molar-refractivity contribution in [3.05, 3.63) is 95.1 Å². The zero-order valence-corrected chi connectivity index (χ0v) is 20.4. The molecule has 3 N–H and O–H groups in total. The van der Waals surface area contributed by atoms with Gasteiger partial charge in [-0.3, -0.25) is 14.4 Å². The second-order valence-corrected chi connectivity index (χ2v) is 8.47. The molecule has 9 heteroatoms. The van der Waals surface area contributed by atoms with Gasteiger partial charge in [0.15, 0.2) is 0 Å². The van der Waals surface area contributed by atoms with Crippen molar-refractivity contribution in [2.24, 2.45) is 15.9 Å². The Hall–Kier alpha value is -4.79. The number of fused-ring (bicyclic) bond motifs is 1. The molecule has 0 atom stereocenters. The molecule has 3 aromatic carbocycles. The second-order valence-electron chi connectivity index (χ2n) is 8.47. The van der Waals surface area contributed by atoms with Gasteiger partial charge in [-0.2, -0.15) is 5.10 Å². The first-order valence-corrected chi connectivity index (χ1v) is 11.7. The summed E-state index contributed by atoms with van der Waals surface area (Å²) in [5, 5.41) is 6.37. The van der Waals surface area contributed by atoms with Crippen LogP contribution in [0.2, 0.25) is 0 Å². The Kier molecular flexibility index (Phi) is 8.05. The van der Waals surface area contributed by atoms with E-state index in [1.54, 1.807) is 47.4 Å². The number of nitrogens with zero attached hydrogens (tertiary/aromatic N) is 3. The first-order chi connectivity index (χ1) is 18.0. The minimum absolute atomic E-state index is 0.122. The van der Waals surface area contributed by atoms with Crippen molar-refractivity contribution in [2.45, 2.75) is 19.4 Å². The molecule has 9 nitrogen and oxygen atoms in total. The van der Waals surface area contributed by atoms with Crippen LogP contribution in [0.4, 0.5) is 11.4 Å². The standard InChI is InChI=1S/C28H27N5O4/c1-37-26(34)16-25-28(36)33(14-13-19-5-3-2-4-6-19)18-22-15-23(11-12-24(22)32-25)31-27(35)21-9-7-20(8-10-21)17-30-29/h2-12,15,17H,13-14,16,18,29H2,1H3,(H,31,35). The number of hydrazone groups is 1. The normalized spacial score (nSPS) is 13.1. The molecule has 2 amide bonds. The summed E-state index contributed by atoms with van der Waals surface area (Å²) in [6.45, 7) is 0.726. The van der Waals surface area contributed by atoms with Crippen LogP contribution in [-0.4, -0.2) is 48.3 Å². The Labute approximate surface area is 214 Å². The van der Waals surface area contributed by atoms with Gasteiger partial charge in [0, 0.05) is 24.3 Å². The zero-order valence-electron chi connectivity index (χ0n) is 20.4. The monoisotopic (exact) mass is 497 g/mol. The third-order valence-corrected chi connectivity index (χ3v) is 5.94. The summed E-state index contributed by atoms with van der Waals surface area (Å²) in [5.41, 5.74) is 4.37. The number of hydrogen-bond donors (Lipinski definition) is 2. The molecule has 37 heavy (non-hydrogen) atoms. The first-order valence-electron chi connectivity index (χ1n) is 11.7. The number of anilines is 1. The van der Waals surface area contributed by atoms with Gasteiger partial charge in [0.2, 0.25) is 0 Å². The molecule has 3 aromatic rings.